The number of nitrogens with zero attached hydrogens (tertiary/aromatic N) is 4. The van der Waals surface area contributed by atoms with Gasteiger partial charge in [0.1, 0.15) is 11.0 Å². The number of oxazole rings is 2. The molecule has 0 unspecified atom stereocenters. The van der Waals surface area contributed by atoms with Gasteiger partial charge in [-0.15, -0.1) is 0 Å². The van der Waals surface area contributed by atoms with Gasteiger partial charge in [-0.1, -0.05) is 218 Å². The van der Waals surface area contributed by atoms with Crippen LogP contribution in [0.3, 0.4) is 0 Å². The number of aromatic nitrogens is 2. The summed E-state index contributed by atoms with van der Waals surface area (Å²) in [5, 5.41) is 9.23. The number of para-hydroxylation sites is 2. The van der Waals surface area contributed by atoms with Crippen molar-refractivity contribution in [3.8, 4) is 45.2 Å². The Morgan fingerprint density at radius 1 is 0.299 bits per heavy atom. The third-order valence-electron chi connectivity index (χ3n) is 18.5. The van der Waals surface area contributed by atoms with Crippen molar-refractivity contribution in [2.24, 2.45) is 0 Å². The molecule has 0 saturated heterocycles. The fraction of sp³-hybridized carbons (Fsp3) is 0.0370. The van der Waals surface area contributed by atoms with E-state index in [9.17, 15) is 0 Å². The fourth-order valence-electron chi connectivity index (χ4n) is 14.8. The monoisotopic (exact) mass is 1110 g/mol. The maximum Gasteiger partial charge on any atom is 0.227 e. The van der Waals surface area contributed by atoms with Crippen molar-refractivity contribution >= 4 is 99.4 Å². The van der Waals surface area contributed by atoms with Crippen LogP contribution in [0.25, 0.3) is 110 Å². The molecule has 0 atom stereocenters. The molecule has 408 valence electrons. The van der Waals surface area contributed by atoms with Crippen LogP contribution < -0.4 is 9.80 Å². The van der Waals surface area contributed by atoms with E-state index in [1.54, 1.807) is 0 Å². The zero-order chi connectivity index (χ0) is 57.5. The average Bonchev–Trinajstić information content (AvgIpc) is 1.50. The van der Waals surface area contributed by atoms with Gasteiger partial charge in [-0.05, 0) is 151 Å². The quantitative estimate of drug-likeness (QED) is 0.141. The molecule has 6 nitrogen and oxygen atoms in total. The van der Waals surface area contributed by atoms with Crippen LogP contribution in [-0.4, -0.2) is 9.97 Å². The van der Waals surface area contributed by atoms with Gasteiger partial charge in [0.15, 0.2) is 11.2 Å². The average molecular weight is 1110 g/mol. The van der Waals surface area contributed by atoms with E-state index in [4.69, 9.17) is 18.8 Å². The summed E-state index contributed by atoms with van der Waals surface area (Å²) in [5.74, 6) is 1.07. The van der Waals surface area contributed by atoms with Crippen molar-refractivity contribution in [2.75, 3.05) is 9.80 Å². The molecule has 0 N–H and O–H groups in total. The fourth-order valence-corrected chi connectivity index (χ4v) is 14.8. The topological polar surface area (TPSA) is 58.5 Å². The summed E-state index contributed by atoms with van der Waals surface area (Å²) >= 11 is 0. The number of hydrogen-bond donors (Lipinski definition) is 0. The summed E-state index contributed by atoms with van der Waals surface area (Å²) in [6.07, 6.45) is 0. The highest BCUT2D eigenvalue weighted by atomic mass is 16.4. The highest BCUT2D eigenvalue weighted by Crippen LogP contribution is 2.67. The molecule has 18 rings (SSSR count). The van der Waals surface area contributed by atoms with Gasteiger partial charge in [-0.2, -0.15) is 0 Å². The molecule has 1 spiro atoms. The van der Waals surface area contributed by atoms with E-state index in [1.165, 1.54) is 43.8 Å². The minimum atomic E-state index is -0.948. The minimum absolute atomic E-state index is 0.535. The summed E-state index contributed by atoms with van der Waals surface area (Å²) in [4.78, 5) is 16.4. The van der Waals surface area contributed by atoms with Gasteiger partial charge in [0.05, 0.1) is 28.2 Å². The Kier molecular flexibility index (Phi) is 10.6. The Labute approximate surface area is 502 Å². The minimum Gasteiger partial charge on any atom is -0.435 e. The first kappa shape index (κ1) is 49.1. The van der Waals surface area contributed by atoms with Crippen LogP contribution in [0.4, 0.5) is 34.1 Å². The van der Waals surface area contributed by atoms with Gasteiger partial charge >= 0.3 is 0 Å². The van der Waals surface area contributed by atoms with Crippen molar-refractivity contribution in [1.29, 1.82) is 0 Å². The number of anilines is 6. The Balaban J connectivity index is 1.05. The lowest BCUT2D eigenvalue weighted by Crippen LogP contribution is -2.26. The molecule has 14 aromatic carbocycles. The Bertz CT molecular complexity index is 5180. The van der Waals surface area contributed by atoms with Gasteiger partial charge in [-0.3, -0.25) is 0 Å². The molecule has 16 aromatic rings. The number of hydrogen-bond acceptors (Lipinski definition) is 6. The second-order valence-corrected chi connectivity index (χ2v) is 23.2. The standard InChI is InChI=1S/C81H52N4O2/c1-49-25-9-13-33-55(49)79-82-75-71(84(53-29-5-3-6-30-53)69-45-51-27-11-15-35-57(51)59-37-17-19-41-63(59)69)47-67-73(77(75)86-79)74-68(81(67)65-43-23-21-39-61(65)62-40-22-24-44-66(62)81)48-72(76-78(74)87-80(83-76)56-34-14-10-26-50(56)2)85(54-31-7-4-8-32-54)70-46-52-28-12-16-36-58(52)60-38-18-20-42-64(60)70/h3-48H,1-2H3. The third-order valence-corrected chi connectivity index (χ3v) is 18.5. The van der Waals surface area contributed by atoms with Crippen molar-refractivity contribution < 1.29 is 8.83 Å². The largest absolute Gasteiger partial charge is 0.435 e. The van der Waals surface area contributed by atoms with Crippen LogP contribution in [-0.2, 0) is 5.41 Å². The summed E-state index contributed by atoms with van der Waals surface area (Å²) in [6.45, 7) is 4.27. The molecule has 2 heterocycles. The summed E-state index contributed by atoms with van der Waals surface area (Å²) in [5.41, 5.74) is 20.2. The zero-order valence-corrected chi connectivity index (χ0v) is 47.7. The number of aryl methyl sites for hydroxylation is 2. The first-order valence-electron chi connectivity index (χ1n) is 29.8. The molecule has 2 aromatic heterocycles. The van der Waals surface area contributed by atoms with Crippen molar-refractivity contribution in [1.82, 2.24) is 9.97 Å². The zero-order valence-electron chi connectivity index (χ0n) is 47.7. The van der Waals surface area contributed by atoms with E-state index in [-0.39, 0.29) is 0 Å². The highest BCUT2D eigenvalue weighted by Gasteiger charge is 2.55. The second kappa shape index (κ2) is 18.8. The molecule has 0 aliphatic heterocycles. The first-order valence-corrected chi connectivity index (χ1v) is 29.8. The molecule has 0 fully saturated rings. The molecular weight excluding hydrogens is 1060 g/mol. The van der Waals surface area contributed by atoms with Gasteiger partial charge in [-0.25, -0.2) is 9.97 Å². The van der Waals surface area contributed by atoms with E-state index < -0.39 is 5.41 Å². The molecule has 0 saturated carbocycles. The molecule has 2 aliphatic rings. The smallest absolute Gasteiger partial charge is 0.227 e. The SMILES string of the molecule is Cc1ccccc1-c1nc2c(N(c3ccccc3)c3cc4ccccc4c4ccccc34)cc3c(c2o1)-c1c(cc(N(c2ccccc2)c2cc4ccccc4c4ccccc24)c2nc(-c4ccccc4C)oc12)C31c2ccccc2-c2ccccc21. The molecule has 87 heavy (non-hydrogen) atoms. The van der Waals surface area contributed by atoms with Crippen LogP contribution in [0.1, 0.15) is 33.4 Å². The van der Waals surface area contributed by atoms with Crippen molar-refractivity contribution in [3.63, 3.8) is 0 Å². The van der Waals surface area contributed by atoms with Crippen LogP contribution in [0, 0.1) is 13.8 Å². The summed E-state index contributed by atoms with van der Waals surface area (Å²) in [7, 11) is 0. The van der Waals surface area contributed by atoms with Crippen LogP contribution in [0.5, 0.6) is 0 Å². The number of fused-ring (bicyclic) bond motifs is 20. The van der Waals surface area contributed by atoms with E-state index in [1.807, 2.05) is 0 Å². The van der Waals surface area contributed by atoms with E-state index >= 15 is 0 Å². The predicted molar refractivity (Wildman–Crippen MR) is 358 cm³/mol. The van der Waals surface area contributed by atoms with E-state index in [2.05, 4.69) is 303 Å². The van der Waals surface area contributed by atoms with Gasteiger partial charge < -0.3 is 18.6 Å². The van der Waals surface area contributed by atoms with Crippen LogP contribution in [0.15, 0.2) is 288 Å². The van der Waals surface area contributed by atoms with Gasteiger partial charge in [0.25, 0.3) is 0 Å². The molecule has 0 amide bonds. The summed E-state index contributed by atoms with van der Waals surface area (Å²) in [6, 6.07) is 101. The molecule has 0 bridgehead atoms. The van der Waals surface area contributed by atoms with Crippen molar-refractivity contribution in [3.05, 3.63) is 312 Å². The van der Waals surface area contributed by atoms with Crippen LogP contribution in [0.2, 0.25) is 0 Å². The predicted octanol–water partition coefficient (Wildman–Crippen LogP) is 21.8. The molecule has 2 aliphatic carbocycles. The Morgan fingerprint density at radius 2 is 0.644 bits per heavy atom. The van der Waals surface area contributed by atoms with E-state index in [0.29, 0.717) is 22.9 Å². The lowest BCUT2D eigenvalue weighted by atomic mass is 9.70. The van der Waals surface area contributed by atoms with Crippen molar-refractivity contribution in [2.45, 2.75) is 19.3 Å². The van der Waals surface area contributed by atoms with Gasteiger partial charge in [0, 0.05) is 44.4 Å². The first-order chi connectivity index (χ1) is 43.0. The Morgan fingerprint density at radius 3 is 1.07 bits per heavy atom. The third kappa shape index (κ3) is 7.04. The lowest BCUT2D eigenvalue weighted by molar-refractivity contribution is 0.616. The van der Waals surface area contributed by atoms with E-state index in [0.717, 1.165) is 111 Å². The highest BCUT2D eigenvalue weighted by molar-refractivity contribution is 6.20. The number of benzene rings is 14. The Hall–Kier alpha value is -11.3. The maximum atomic E-state index is 7.69. The van der Waals surface area contributed by atoms with Crippen LogP contribution >= 0.6 is 0 Å². The van der Waals surface area contributed by atoms with Gasteiger partial charge in [0.2, 0.25) is 11.8 Å². The normalized spacial score (nSPS) is 12.8. The number of rotatable bonds is 8. The maximum absolute atomic E-state index is 7.69. The second-order valence-electron chi connectivity index (χ2n) is 23.2. The molecule has 0 radical (unpaired) electrons. The lowest BCUT2D eigenvalue weighted by Gasteiger charge is -2.33. The summed E-state index contributed by atoms with van der Waals surface area (Å²) < 4.78 is 15.4. The molecular formula is C81H52N4O2. The molecule has 6 heteroatoms.